The molecule has 1 aliphatic heterocycles. The molecule has 1 amide bonds. The maximum absolute atomic E-state index is 12.0. The van der Waals surface area contributed by atoms with Crippen molar-refractivity contribution in [2.75, 3.05) is 27.2 Å². The van der Waals surface area contributed by atoms with Gasteiger partial charge < -0.3 is 9.80 Å². The van der Waals surface area contributed by atoms with Crippen LogP contribution in [0.2, 0.25) is 0 Å². The Balaban J connectivity index is 1.99. The Morgan fingerprint density at radius 2 is 2.09 bits per heavy atom. The number of aromatic nitrogens is 2. The minimum absolute atomic E-state index is 0.0597. The smallest absolute Gasteiger partial charge is 0.272 e. The van der Waals surface area contributed by atoms with Crippen LogP contribution >= 0.6 is 0 Å². The van der Waals surface area contributed by atoms with Crippen LogP contribution in [0.1, 0.15) is 49.3 Å². The topological polar surface area (TPSA) is 49.3 Å². The van der Waals surface area contributed by atoms with Crippen molar-refractivity contribution >= 4 is 5.91 Å². The summed E-state index contributed by atoms with van der Waals surface area (Å²) in [5.74, 6) is 0.594. The predicted molar refractivity (Wildman–Crippen MR) is 87.8 cm³/mol. The molecule has 0 aromatic carbocycles. The molecule has 1 aliphatic rings. The lowest BCUT2D eigenvalue weighted by molar-refractivity contribution is 0.0821. The van der Waals surface area contributed by atoms with Crippen LogP contribution < -0.4 is 0 Å². The van der Waals surface area contributed by atoms with Crippen LogP contribution in [0.5, 0.6) is 0 Å². The molecule has 22 heavy (non-hydrogen) atoms. The Hall–Kier alpha value is -1.49. The predicted octanol–water partition coefficient (Wildman–Crippen LogP) is 2.23. The van der Waals surface area contributed by atoms with Gasteiger partial charge in [0.15, 0.2) is 0 Å². The highest BCUT2D eigenvalue weighted by molar-refractivity contribution is 5.91. The van der Waals surface area contributed by atoms with E-state index in [4.69, 9.17) is 0 Å². The zero-order valence-corrected chi connectivity index (χ0v) is 14.2. The van der Waals surface area contributed by atoms with Gasteiger partial charge >= 0.3 is 0 Å². The zero-order chi connectivity index (χ0) is 16.1. The molecule has 122 valence electrons. The van der Waals surface area contributed by atoms with E-state index in [-0.39, 0.29) is 5.91 Å². The Morgan fingerprint density at radius 1 is 1.32 bits per heavy atom. The fourth-order valence-electron chi connectivity index (χ4n) is 3.06. The molecule has 0 radical (unpaired) electrons. The van der Waals surface area contributed by atoms with Crippen molar-refractivity contribution in [2.45, 2.75) is 45.6 Å². The summed E-state index contributed by atoms with van der Waals surface area (Å²) >= 11 is 0. The number of amides is 1. The summed E-state index contributed by atoms with van der Waals surface area (Å²) in [7, 11) is 3.49. The third-order valence-electron chi connectivity index (χ3n) is 4.46. The summed E-state index contributed by atoms with van der Waals surface area (Å²) in [6, 6.07) is 2.48. The van der Waals surface area contributed by atoms with Crippen LogP contribution in [0.3, 0.4) is 0 Å². The Labute approximate surface area is 133 Å². The molecule has 0 aliphatic carbocycles. The van der Waals surface area contributed by atoms with Crippen molar-refractivity contribution in [1.29, 1.82) is 0 Å². The average Bonchev–Trinajstić information content (AvgIpc) is 2.72. The van der Waals surface area contributed by atoms with Gasteiger partial charge in [-0.05, 0) is 64.6 Å². The van der Waals surface area contributed by atoms with Crippen LogP contribution in [-0.4, -0.2) is 58.9 Å². The number of carbonyl (C=O) groups is 1. The van der Waals surface area contributed by atoms with Gasteiger partial charge in [0.05, 0.1) is 0 Å². The van der Waals surface area contributed by atoms with E-state index in [9.17, 15) is 4.79 Å². The maximum atomic E-state index is 12.0. The van der Waals surface area contributed by atoms with Crippen molar-refractivity contribution in [3.8, 4) is 0 Å². The van der Waals surface area contributed by atoms with E-state index in [1.165, 1.54) is 32.1 Å². The summed E-state index contributed by atoms with van der Waals surface area (Å²) in [6.45, 7) is 6.90. The highest BCUT2D eigenvalue weighted by atomic mass is 16.2. The van der Waals surface area contributed by atoms with Crippen LogP contribution in [0.25, 0.3) is 0 Å². The molecule has 2 rings (SSSR count). The van der Waals surface area contributed by atoms with Crippen molar-refractivity contribution in [3.05, 3.63) is 23.8 Å². The highest BCUT2D eigenvalue weighted by Crippen LogP contribution is 2.22. The van der Waals surface area contributed by atoms with Gasteiger partial charge in [-0.25, -0.2) is 9.97 Å². The average molecular weight is 304 g/mol. The van der Waals surface area contributed by atoms with E-state index in [2.05, 4.69) is 28.7 Å². The van der Waals surface area contributed by atoms with E-state index in [1.807, 2.05) is 6.07 Å². The fourth-order valence-corrected chi connectivity index (χ4v) is 3.06. The minimum atomic E-state index is -0.0597. The van der Waals surface area contributed by atoms with Gasteiger partial charge in [-0.1, -0.05) is 0 Å². The quantitative estimate of drug-likeness (QED) is 0.856. The third-order valence-corrected chi connectivity index (χ3v) is 4.46. The molecule has 5 nitrogen and oxygen atoms in total. The molecular formula is C17H28N4O. The van der Waals surface area contributed by atoms with Gasteiger partial charge in [0, 0.05) is 25.8 Å². The Kier molecular flexibility index (Phi) is 5.89. The molecule has 0 bridgehead atoms. The van der Waals surface area contributed by atoms with Gasteiger partial charge in [0.2, 0.25) is 0 Å². The van der Waals surface area contributed by atoms with E-state index in [0.717, 1.165) is 18.7 Å². The number of likely N-dealkylation sites (tertiary alicyclic amines) is 1. The maximum Gasteiger partial charge on any atom is 0.272 e. The molecule has 2 heterocycles. The second-order valence-corrected chi connectivity index (χ2v) is 6.72. The van der Waals surface area contributed by atoms with Crippen LogP contribution in [-0.2, 0) is 6.42 Å². The number of carbonyl (C=O) groups excluding carboxylic acids is 1. The number of hydrogen-bond acceptors (Lipinski definition) is 4. The molecule has 1 saturated heterocycles. The molecule has 1 unspecified atom stereocenters. The van der Waals surface area contributed by atoms with Crippen LogP contribution in [0, 0.1) is 5.92 Å². The molecule has 0 N–H and O–H groups in total. The van der Waals surface area contributed by atoms with Gasteiger partial charge in [0.25, 0.3) is 5.91 Å². The van der Waals surface area contributed by atoms with E-state index in [0.29, 0.717) is 17.7 Å². The fraction of sp³-hybridized carbons (Fsp3) is 0.706. The summed E-state index contributed by atoms with van der Waals surface area (Å²) in [6.07, 6.45) is 6.16. The summed E-state index contributed by atoms with van der Waals surface area (Å²) in [4.78, 5) is 24.6. The lowest BCUT2D eigenvalue weighted by atomic mass is 9.95. The van der Waals surface area contributed by atoms with Gasteiger partial charge in [-0.15, -0.1) is 0 Å². The van der Waals surface area contributed by atoms with Crippen LogP contribution in [0.15, 0.2) is 12.4 Å². The first kappa shape index (κ1) is 16.9. The molecule has 1 aromatic heterocycles. The second-order valence-electron chi connectivity index (χ2n) is 6.72. The third kappa shape index (κ3) is 4.50. The standard InChI is InChI=1S/C17H28N4O/c1-13(2)21-8-5-6-14(7-9-21)10-15-11-16(19-12-18-15)17(22)20(3)4/h11-14H,5-10H2,1-4H3. The van der Waals surface area contributed by atoms with Crippen molar-refractivity contribution in [3.63, 3.8) is 0 Å². The van der Waals surface area contributed by atoms with Gasteiger partial charge in [-0.2, -0.15) is 0 Å². The lowest BCUT2D eigenvalue weighted by Gasteiger charge is -2.24. The summed E-state index contributed by atoms with van der Waals surface area (Å²) in [5, 5.41) is 0. The molecule has 1 atom stereocenters. The first-order valence-electron chi connectivity index (χ1n) is 8.24. The van der Waals surface area contributed by atoms with Gasteiger partial charge in [-0.3, -0.25) is 4.79 Å². The monoisotopic (exact) mass is 304 g/mol. The first-order chi connectivity index (χ1) is 10.5. The van der Waals surface area contributed by atoms with E-state index in [1.54, 1.807) is 19.0 Å². The van der Waals surface area contributed by atoms with Crippen molar-refractivity contribution in [2.24, 2.45) is 5.92 Å². The largest absolute Gasteiger partial charge is 0.343 e. The van der Waals surface area contributed by atoms with E-state index >= 15 is 0 Å². The molecular weight excluding hydrogens is 276 g/mol. The van der Waals surface area contributed by atoms with Crippen molar-refractivity contribution < 1.29 is 4.79 Å². The molecule has 1 aromatic rings. The number of hydrogen-bond donors (Lipinski definition) is 0. The molecule has 0 spiro atoms. The Morgan fingerprint density at radius 3 is 2.77 bits per heavy atom. The number of rotatable bonds is 4. The summed E-state index contributed by atoms with van der Waals surface area (Å²) in [5.41, 5.74) is 1.48. The molecule has 5 heteroatoms. The summed E-state index contributed by atoms with van der Waals surface area (Å²) < 4.78 is 0. The number of nitrogens with zero attached hydrogens (tertiary/aromatic N) is 4. The molecule has 0 saturated carbocycles. The first-order valence-corrected chi connectivity index (χ1v) is 8.24. The minimum Gasteiger partial charge on any atom is -0.343 e. The normalized spacial score (nSPS) is 20.0. The SMILES string of the molecule is CC(C)N1CCCC(Cc2cc(C(=O)N(C)C)ncn2)CC1. The molecule has 1 fully saturated rings. The van der Waals surface area contributed by atoms with Crippen LogP contribution in [0.4, 0.5) is 0 Å². The second kappa shape index (κ2) is 7.68. The van der Waals surface area contributed by atoms with Crippen molar-refractivity contribution in [1.82, 2.24) is 19.8 Å². The van der Waals surface area contributed by atoms with E-state index < -0.39 is 0 Å². The van der Waals surface area contributed by atoms with Gasteiger partial charge in [0.1, 0.15) is 12.0 Å². The zero-order valence-electron chi connectivity index (χ0n) is 14.2. The Bertz CT molecular complexity index is 501. The highest BCUT2D eigenvalue weighted by Gasteiger charge is 2.20. The lowest BCUT2D eigenvalue weighted by Crippen LogP contribution is -2.31.